The third-order valence-corrected chi connectivity index (χ3v) is 3.37. The Hall–Kier alpha value is -1.20. The van der Waals surface area contributed by atoms with Gasteiger partial charge in [0.25, 0.3) is 0 Å². The number of pyridine rings is 2. The number of fused-ring (bicyclic) bond motifs is 1. The minimum absolute atomic E-state index is 0.223. The topological polar surface area (TPSA) is 61.0 Å². The number of rotatable bonds is 2. The van der Waals surface area contributed by atoms with Crippen molar-refractivity contribution in [2.75, 3.05) is 0 Å². The quantitative estimate of drug-likeness (QED) is 0.923. The van der Waals surface area contributed by atoms with Crippen LogP contribution >= 0.6 is 15.9 Å². The standard InChI is InChI=1S/C12H12BrN3O/c13-7-3-10-12(16-6-7)11(1-2-15-10)17-9-4-8(14)5-9/h1-3,6,8-9H,4-5,14H2. The molecule has 2 aromatic rings. The molecule has 1 aliphatic carbocycles. The van der Waals surface area contributed by atoms with Gasteiger partial charge in [0.1, 0.15) is 17.4 Å². The van der Waals surface area contributed by atoms with Crippen LogP contribution in [0.4, 0.5) is 0 Å². The second-order valence-corrected chi connectivity index (χ2v) is 5.22. The Labute approximate surface area is 107 Å². The molecule has 17 heavy (non-hydrogen) atoms. The Morgan fingerprint density at radius 3 is 2.94 bits per heavy atom. The summed E-state index contributed by atoms with van der Waals surface area (Å²) in [6, 6.07) is 4.07. The fourth-order valence-electron chi connectivity index (χ4n) is 1.96. The van der Waals surface area contributed by atoms with Gasteiger partial charge in [-0.1, -0.05) is 0 Å². The zero-order valence-corrected chi connectivity index (χ0v) is 10.7. The average Bonchev–Trinajstić information content (AvgIpc) is 2.27. The van der Waals surface area contributed by atoms with Crippen LogP contribution < -0.4 is 10.5 Å². The number of halogens is 1. The van der Waals surface area contributed by atoms with Gasteiger partial charge in [-0.15, -0.1) is 0 Å². The van der Waals surface area contributed by atoms with Crippen LogP contribution in [-0.4, -0.2) is 22.1 Å². The molecule has 1 saturated carbocycles. The molecule has 1 fully saturated rings. The molecule has 0 bridgehead atoms. The van der Waals surface area contributed by atoms with E-state index in [1.165, 1.54) is 0 Å². The molecule has 0 aromatic carbocycles. The summed E-state index contributed by atoms with van der Waals surface area (Å²) in [5.74, 6) is 0.791. The van der Waals surface area contributed by atoms with Gasteiger partial charge in [0.15, 0.2) is 0 Å². The predicted molar refractivity (Wildman–Crippen MR) is 68.9 cm³/mol. The van der Waals surface area contributed by atoms with E-state index in [1.807, 2.05) is 12.1 Å². The summed E-state index contributed by atoms with van der Waals surface area (Å²) in [5.41, 5.74) is 7.38. The fourth-order valence-corrected chi connectivity index (χ4v) is 2.28. The number of hydrogen-bond acceptors (Lipinski definition) is 4. The molecule has 4 nitrogen and oxygen atoms in total. The maximum atomic E-state index is 5.88. The molecule has 1 aliphatic rings. The van der Waals surface area contributed by atoms with Crippen molar-refractivity contribution < 1.29 is 4.74 Å². The lowest BCUT2D eigenvalue weighted by Crippen LogP contribution is -2.43. The van der Waals surface area contributed by atoms with Gasteiger partial charge in [0, 0.05) is 29.0 Å². The summed E-state index contributed by atoms with van der Waals surface area (Å²) in [6.45, 7) is 0. The van der Waals surface area contributed by atoms with Gasteiger partial charge in [0.2, 0.25) is 0 Å². The lowest BCUT2D eigenvalue weighted by molar-refractivity contribution is 0.102. The molecule has 3 rings (SSSR count). The van der Waals surface area contributed by atoms with Gasteiger partial charge in [-0.2, -0.15) is 0 Å². The fraction of sp³-hybridized carbons (Fsp3) is 0.333. The second-order valence-electron chi connectivity index (χ2n) is 4.30. The minimum Gasteiger partial charge on any atom is -0.488 e. The molecule has 2 N–H and O–H groups in total. The van der Waals surface area contributed by atoms with Crippen molar-refractivity contribution in [2.45, 2.75) is 25.0 Å². The SMILES string of the molecule is NC1CC(Oc2ccnc3cc(Br)cnc23)C1. The molecule has 88 valence electrons. The van der Waals surface area contributed by atoms with Crippen molar-refractivity contribution in [3.63, 3.8) is 0 Å². The second kappa shape index (κ2) is 4.23. The van der Waals surface area contributed by atoms with Crippen LogP contribution in [0.1, 0.15) is 12.8 Å². The molecule has 0 atom stereocenters. The van der Waals surface area contributed by atoms with Crippen molar-refractivity contribution >= 4 is 27.0 Å². The molecule has 2 aromatic heterocycles. The Morgan fingerprint density at radius 2 is 2.18 bits per heavy atom. The highest BCUT2D eigenvalue weighted by Gasteiger charge is 2.28. The maximum absolute atomic E-state index is 5.88. The normalized spacial score (nSPS) is 23.4. The van der Waals surface area contributed by atoms with E-state index in [2.05, 4.69) is 25.9 Å². The van der Waals surface area contributed by atoms with Crippen LogP contribution in [0.15, 0.2) is 29.0 Å². The Bertz CT molecular complexity index is 554. The maximum Gasteiger partial charge on any atom is 0.149 e. The third kappa shape index (κ3) is 2.12. The molecular formula is C12H12BrN3O. The van der Waals surface area contributed by atoms with Gasteiger partial charge in [-0.3, -0.25) is 4.98 Å². The highest BCUT2D eigenvalue weighted by Crippen LogP contribution is 2.29. The van der Waals surface area contributed by atoms with Gasteiger partial charge in [0.05, 0.1) is 5.52 Å². The highest BCUT2D eigenvalue weighted by molar-refractivity contribution is 9.10. The summed E-state index contributed by atoms with van der Waals surface area (Å²) in [7, 11) is 0. The molecular weight excluding hydrogens is 282 g/mol. The Kier molecular flexibility index (Phi) is 2.72. The summed E-state index contributed by atoms with van der Waals surface area (Å²) >= 11 is 3.38. The van der Waals surface area contributed by atoms with Gasteiger partial charge < -0.3 is 10.5 Å². The Balaban J connectivity index is 1.93. The van der Waals surface area contributed by atoms with E-state index in [0.29, 0.717) is 0 Å². The first kappa shape index (κ1) is 10.9. The zero-order chi connectivity index (χ0) is 11.8. The van der Waals surface area contributed by atoms with Crippen molar-refractivity contribution in [3.8, 4) is 5.75 Å². The average molecular weight is 294 g/mol. The molecule has 0 unspecified atom stereocenters. The zero-order valence-electron chi connectivity index (χ0n) is 9.14. The number of hydrogen-bond donors (Lipinski definition) is 1. The van der Waals surface area contributed by atoms with Crippen LogP contribution in [0.3, 0.4) is 0 Å². The predicted octanol–water partition coefficient (Wildman–Crippen LogP) is 2.26. The van der Waals surface area contributed by atoms with Gasteiger partial charge >= 0.3 is 0 Å². The number of ether oxygens (including phenoxy) is 1. The summed E-state index contributed by atoms with van der Waals surface area (Å²) in [6.07, 6.45) is 5.55. The molecule has 0 radical (unpaired) electrons. The van der Waals surface area contributed by atoms with Gasteiger partial charge in [-0.25, -0.2) is 4.98 Å². The molecule has 0 aliphatic heterocycles. The number of nitrogens with two attached hydrogens (primary N) is 1. The Morgan fingerprint density at radius 1 is 1.35 bits per heavy atom. The first-order chi connectivity index (χ1) is 8.22. The van der Waals surface area contributed by atoms with Crippen molar-refractivity contribution in [1.29, 1.82) is 0 Å². The number of aromatic nitrogens is 2. The van der Waals surface area contributed by atoms with E-state index in [9.17, 15) is 0 Å². The third-order valence-electron chi connectivity index (χ3n) is 2.93. The van der Waals surface area contributed by atoms with Crippen LogP contribution in [0.5, 0.6) is 5.75 Å². The van der Waals surface area contributed by atoms with E-state index >= 15 is 0 Å². The minimum atomic E-state index is 0.223. The smallest absolute Gasteiger partial charge is 0.149 e. The lowest BCUT2D eigenvalue weighted by Gasteiger charge is -2.32. The lowest BCUT2D eigenvalue weighted by atomic mass is 9.90. The summed E-state index contributed by atoms with van der Waals surface area (Å²) in [5, 5.41) is 0. The van der Waals surface area contributed by atoms with E-state index in [1.54, 1.807) is 12.4 Å². The van der Waals surface area contributed by atoms with E-state index in [0.717, 1.165) is 34.1 Å². The van der Waals surface area contributed by atoms with Gasteiger partial charge in [-0.05, 0) is 34.8 Å². The van der Waals surface area contributed by atoms with Crippen LogP contribution in [0.2, 0.25) is 0 Å². The highest BCUT2D eigenvalue weighted by atomic mass is 79.9. The molecule has 2 heterocycles. The van der Waals surface area contributed by atoms with Crippen LogP contribution in [0.25, 0.3) is 11.0 Å². The first-order valence-corrected chi connectivity index (χ1v) is 6.34. The van der Waals surface area contributed by atoms with E-state index < -0.39 is 0 Å². The first-order valence-electron chi connectivity index (χ1n) is 5.55. The summed E-state index contributed by atoms with van der Waals surface area (Å²) < 4.78 is 6.79. The molecule has 5 heteroatoms. The molecule has 0 spiro atoms. The van der Waals surface area contributed by atoms with Crippen molar-refractivity contribution in [3.05, 3.63) is 29.0 Å². The monoisotopic (exact) mass is 293 g/mol. The van der Waals surface area contributed by atoms with E-state index in [4.69, 9.17) is 10.5 Å². The van der Waals surface area contributed by atoms with Crippen molar-refractivity contribution in [1.82, 2.24) is 9.97 Å². The number of nitrogens with zero attached hydrogens (tertiary/aromatic N) is 2. The van der Waals surface area contributed by atoms with E-state index in [-0.39, 0.29) is 12.1 Å². The largest absolute Gasteiger partial charge is 0.488 e. The summed E-state index contributed by atoms with van der Waals surface area (Å²) in [4.78, 5) is 8.62. The van der Waals surface area contributed by atoms with Crippen LogP contribution in [-0.2, 0) is 0 Å². The molecule has 0 amide bonds. The van der Waals surface area contributed by atoms with Crippen LogP contribution in [0, 0.1) is 0 Å². The molecule has 0 saturated heterocycles. The van der Waals surface area contributed by atoms with Crippen molar-refractivity contribution in [2.24, 2.45) is 5.73 Å².